The Kier molecular flexibility index (Phi) is 8.89. The van der Waals surface area contributed by atoms with Crippen LogP contribution < -0.4 is 10.1 Å². The fourth-order valence-corrected chi connectivity index (χ4v) is 4.78. The number of carbonyl (C=O) groups excluding carboxylic acids is 1. The molecule has 3 aromatic carbocycles. The molecule has 0 radical (unpaired) electrons. The van der Waals surface area contributed by atoms with Gasteiger partial charge >= 0.3 is 0 Å². The second-order valence-corrected chi connectivity index (χ2v) is 11.3. The third kappa shape index (κ3) is 7.04. The normalized spacial score (nSPS) is 11.4. The maximum Gasteiger partial charge on any atom is 0.255 e. The molecule has 198 valence electrons. The lowest BCUT2D eigenvalue weighted by Gasteiger charge is -2.19. The van der Waals surface area contributed by atoms with Crippen LogP contribution in [0.5, 0.6) is 5.75 Å². The molecular formula is C31H36N4O2S. The third-order valence-electron chi connectivity index (χ3n) is 6.28. The molecule has 38 heavy (non-hydrogen) atoms. The lowest BCUT2D eigenvalue weighted by atomic mass is 9.87. The number of hydrogen-bond donors (Lipinski definition) is 1. The van der Waals surface area contributed by atoms with E-state index in [0.717, 1.165) is 40.9 Å². The molecule has 0 saturated heterocycles. The summed E-state index contributed by atoms with van der Waals surface area (Å²) in [6, 6.07) is 23.7. The highest BCUT2D eigenvalue weighted by Gasteiger charge is 2.15. The van der Waals surface area contributed by atoms with Crippen molar-refractivity contribution >= 4 is 23.4 Å². The summed E-state index contributed by atoms with van der Waals surface area (Å²) in [4.78, 5) is 12.8. The zero-order valence-corrected chi connectivity index (χ0v) is 23.6. The van der Waals surface area contributed by atoms with Crippen molar-refractivity contribution < 1.29 is 9.53 Å². The number of aromatic nitrogens is 3. The number of amides is 1. The number of nitrogens with one attached hydrogen (secondary N) is 1. The minimum Gasteiger partial charge on any atom is -0.494 e. The fourth-order valence-electron chi connectivity index (χ4n) is 3.92. The first kappa shape index (κ1) is 27.5. The highest BCUT2D eigenvalue weighted by molar-refractivity contribution is 7.98. The Labute approximate surface area is 229 Å². The predicted molar refractivity (Wildman–Crippen MR) is 156 cm³/mol. The summed E-state index contributed by atoms with van der Waals surface area (Å²) in [5.41, 5.74) is 4.88. The van der Waals surface area contributed by atoms with Crippen molar-refractivity contribution in [2.75, 3.05) is 11.9 Å². The average Bonchev–Trinajstić information content (AvgIpc) is 3.28. The van der Waals surface area contributed by atoms with Crippen LogP contribution in [0.1, 0.15) is 62.0 Å². The highest BCUT2D eigenvalue weighted by Crippen LogP contribution is 2.28. The number of nitrogens with zero attached hydrogens (tertiary/aromatic N) is 3. The second-order valence-electron chi connectivity index (χ2n) is 10.4. The first-order valence-electron chi connectivity index (χ1n) is 13.0. The summed E-state index contributed by atoms with van der Waals surface area (Å²) in [5, 5.41) is 12.7. The molecule has 0 bridgehead atoms. The number of thioether (sulfide) groups is 1. The van der Waals surface area contributed by atoms with Gasteiger partial charge in [-0.15, -0.1) is 10.2 Å². The van der Waals surface area contributed by atoms with Gasteiger partial charge in [0, 0.05) is 29.6 Å². The van der Waals surface area contributed by atoms with Gasteiger partial charge in [0.25, 0.3) is 5.91 Å². The summed E-state index contributed by atoms with van der Waals surface area (Å²) in [7, 11) is 1.97. The summed E-state index contributed by atoms with van der Waals surface area (Å²) in [5.74, 6) is 2.17. The molecule has 1 heterocycles. The van der Waals surface area contributed by atoms with E-state index in [1.165, 1.54) is 11.1 Å². The lowest BCUT2D eigenvalue weighted by Crippen LogP contribution is -2.12. The molecular weight excluding hydrogens is 492 g/mol. The predicted octanol–water partition coefficient (Wildman–Crippen LogP) is 7.50. The topological polar surface area (TPSA) is 69.0 Å². The number of benzene rings is 3. The highest BCUT2D eigenvalue weighted by atomic mass is 32.2. The van der Waals surface area contributed by atoms with Crippen molar-refractivity contribution in [3.05, 3.63) is 89.5 Å². The van der Waals surface area contributed by atoms with Crippen LogP contribution in [0.3, 0.4) is 0 Å². The average molecular weight is 529 g/mol. The molecule has 1 N–H and O–H groups in total. The van der Waals surface area contributed by atoms with Crippen molar-refractivity contribution in [2.45, 2.75) is 56.9 Å². The van der Waals surface area contributed by atoms with Gasteiger partial charge in [0.2, 0.25) is 0 Å². The van der Waals surface area contributed by atoms with Crippen molar-refractivity contribution in [2.24, 2.45) is 7.05 Å². The van der Waals surface area contributed by atoms with Crippen LogP contribution in [0.4, 0.5) is 5.69 Å². The SMILES string of the molecule is CCCCOc1ccc(C(=O)Nc2cccc(-c3nnc(SCc4ccc(C(C)(C)C)cc4)n3C)c2)cc1. The Bertz CT molecular complexity index is 1360. The number of carbonyl (C=O) groups is 1. The van der Waals surface area contributed by atoms with Gasteiger partial charge in [-0.25, -0.2) is 0 Å². The molecule has 1 aromatic heterocycles. The van der Waals surface area contributed by atoms with Crippen LogP contribution in [0.15, 0.2) is 78.0 Å². The first-order valence-corrected chi connectivity index (χ1v) is 14.0. The molecule has 4 aromatic rings. The number of hydrogen-bond acceptors (Lipinski definition) is 5. The van der Waals surface area contributed by atoms with Gasteiger partial charge in [0.05, 0.1) is 6.61 Å². The zero-order chi connectivity index (χ0) is 27.1. The van der Waals surface area contributed by atoms with Crippen molar-refractivity contribution in [3.8, 4) is 17.1 Å². The molecule has 0 fully saturated rings. The van der Waals surface area contributed by atoms with Gasteiger partial charge in [0.1, 0.15) is 5.75 Å². The molecule has 0 atom stereocenters. The summed E-state index contributed by atoms with van der Waals surface area (Å²) in [6.45, 7) is 9.48. The maximum atomic E-state index is 12.8. The van der Waals surface area contributed by atoms with E-state index >= 15 is 0 Å². The van der Waals surface area contributed by atoms with E-state index < -0.39 is 0 Å². The number of ether oxygens (including phenoxy) is 1. The Balaban J connectivity index is 1.39. The van der Waals surface area contributed by atoms with Gasteiger partial charge in [-0.3, -0.25) is 4.79 Å². The van der Waals surface area contributed by atoms with Gasteiger partial charge in [-0.05, 0) is 59.4 Å². The Morgan fingerprint density at radius 2 is 1.74 bits per heavy atom. The van der Waals surface area contributed by atoms with E-state index in [0.29, 0.717) is 17.9 Å². The smallest absolute Gasteiger partial charge is 0.255 e. The van der Waals surface area contributed by atoms with E-state index in [4.69, 9.17) is 4.74 Å². The number of unbranched alkanes of at least 4 members (excludes halogenated alkanes) is 1. The Hall–Kier alpha value is -3.58. The van der Waals surface area contributed by atoms with Crippen LogP contribution in [-0.2, 0) is 18.2 Å². The van der Waals surface area contributed by atoms with E-state index in [9.17, 15) is 4.79 Å². The molecule has 0 spiro atoms. The van der Waals surface area contributed by atoms with Crippen LogP contribution in [-0.4, -0.2) is 27.3 Å². The molecule has 0 aliphatic carbocycles. The van der Waals surface area contributed by atoms with Crippen LogP contribution >= 0.6 is 11.8 Å². The van der Waals surface area contributed by atoms with Gasteiger partial charge in [-0.1, -0.05) is 82.3 Å². The van der Waals surface area contributed by atoms with Crippen molar-refractivity contribution in [1.29, 1.82) is 0 Å². The van der Waals surface area contributed by atoms with Crippen LogP contribution in [0, 0.1) is 0 Å². The summed E-state index contributed by atoms with van der Waals surface area (Å²) >= 11 is 1.66. The quantitative estimate of drug-likeness (QED) is 0.170. The minimum absolute atomic E-state index is 0.144. The third-order valence-corrected chi connectivity index (χ3v) is 7.38. The van der Waals surface area contributed by atoms with E-state index in [1.807, 2.05) is 48.0 Å². The van der Waals surface area contributed by atoms with Crippen molar-refractivity contribution in [3.63, 3.8) is 0 Å². The van der Waals surface area contributed by atoms with Crippen LogP contribution in [0.25, 0.3) is 11.4 Å². The van der Waals surface area contributed by atoms with Crippen molar-refractivity contribution in [1.82, 2.24) is 14.8 Å². The number of rotatable bonds is 10. The second kappa shape index (κ2) is 12.3. The zero-order valence-electron chi connectivity index (χ0n) is 22.8. The first-order chi connectivity index (χ1) is 18.2. The van der Waals surface area contributed by atoms with Gasteiger partial charge in [0.15, 0.2) is 11.0 Å². The van der Waals surface area contributed by atoms with Gasteiger partial charge in [-0.2, -0.15) is 0 Å². The number of anilines is 1. The summed E-state index contributed by atoms with van der Waals surface area (Å²) in [6.07, 6.45) is 2.09. The largest absolute Gasteiger partial charge is 0.494 e. The standard InChI is InChI=1S/C31H36N4O2S/c1-6-7-19-37-27-17-13-23(14-18-27)29(36)32-26-10-8-9-24(20-26)28-33-34-30(35(28)5)38-21-22-11-15-25(16-12-22)31(2,3)4/h8-18,20H,6-7,19,21H2,1-5H3,(H,32,36). The monoisotopic (exact) mass is 528 g/mol. The van der Waals surface area contributed by atoms with Gasteiger partial charge < -0.3 is 14.6 Å². The Morgan fingerprint density at radius 3 is 2.42 bits per heavy atom. The molecule has 0 aliphatic rings. The maximum absolute atomic E-state index is 12.8. The van der Waals surface area contributed by atoms with E-state index in [-0.39, 0.29) is 11.3 Å². The van der Waals surface area contributed by atoms with E-state index in [1.54, 1.807) is 23.9 Å². The lowest BCUT2D eigenvalue weighted by molar-refractivity contribution is 0.102. The minimum atomic E-state index is -0.172. The molecule has 6 nitrogen and oxygen atoms in total. The molecule has 0 saturated carbocycles. The molecule has 0 unspecified atom stereocenters. The summed E-state index contributed by atoms with van der Waals surface area (Å²) < 4.78 is 7.68. The fraction of sp³-hybridized carbons (Fsp3) is 0.323. The van der Waals surface area contributed by atoms with Crippen LogP contribution in [0.2, 0.25) is 0 Å². The molecule has 7 heteroatoms. The molecule has 4 rings (SSSR count). The van der Waals surface area contributed by atoms with E-state index in [2.05, 4.69) is 67.5 Å². The molecule has 0 aliphatic heterocycles. The molecule has 1 amide bonds. The Morgan fingerprint density at radius 1 is 1.00 bits per heavy atom.